The Kier molecular flexibility index (Phi) is 6.58. The normalized spacial score (nSPS) is 24.6. The zero-order valence-corrected chi connectivity index (χ0v) is 18.4. The predicted octanol–water partition coefficient (Wildman–Crippen LogP) is 6.27. The van der Waals surface area contributed by atoms with Crippen LogP contribution in [0.1, 0.15) is 45.1 Å². The third-order valence-corrected chi connectivity index (χ3v) is 6.69. The van der Waals surface area contributed by atoms with Crippen LogP contribution in [0.25, 0.3) is 6.08 Å². The highest BCUT2D eigenvalue weighted by molar-refractivity contribution is 8.18. The quantitative estimate of drug-likeness (QED) is 0.536. The first kappa shape index (κ1) is 20.7. The molecular formula is C25H28N2O2S. The summed E-state index contributed by atoms with van der Waals surface area (Å²) in [4.78, 5) is 21.0. The molecule has 1 saturated heterocycles. The molecule has 0 spiro atoms. The fourth-order valence-electron chi connectivity index (χ4n) is 4.13. The number of carbonyl (C=O) groups excluding carboxylic acids is 1. The molecule has 5 heteroatoms. The Morgan fingerprint density at radius 1 is 1.10 bits per heavy atom. The van der Waals surface area contributed by atoms with Crippen LogP contribution in [0.2, 0.25) is 0 Å². The molecule has 1 amide bonds. The molecule has 0 aromatic heterocycles. The summed E-state index contributed by atoms with van der Waals surface area (Å²) >= 11 is 1.48. The molecule has 0 unspecified atom stereocenters. The maximum Gasteiger partial charge on any atom is 0.267 e. The fraction of sp³-hybridized carbons (Fsp3) is 0.360. The first-order chi connectivity index (χ1) is 14.7. The highest BCUT2D eigenvalue weighted by Crippen LogP contribution is 2.40. The van der Waals surface area contributed by atoms with Crippen molar-refractivity contribution in [1.82, 2.24) is 4.90 Å². The molecule has 2 fully saturated rings. The Morgan fingerprint density at radius 3 is 2.53 bits per heavy atom. The lowest BCUT2D eigenvalue weighted by Gasteiger charge is -2.35. The van der Waals surface area contributed by atoms with E-state index in [-0.39, 0.29) is 11.9 Å². The van der Waals surface area contributed by atoms with Crippen LogP contribution >= 0.6 is 11.8 Å². The van der Waals surface area contributed by atoms with Crippen LogP contribution in [0, 0.1) is 5.92 Å². The van der Waals surface area contributed by atoms with Crippen LogP contribution < -0.4 is 4.74 Å². The maximum absolute atomic E-state index is 13.5. The second-order valence-electron chi connectivity index (χ2n) is 7.85. The Bertz CT molecular complexity index is 937. The summed E-state index contributed by atoms with van der Waals surface area (Å²) < 4.78 is 5.52. The minimum atomic E-state index is 0.0716. The van der Waals surface area contributed by atoms with Crippen LogP contribution in [-0.4, -0.2) is 28.6 Å². The Labute approximate surface area is 183 Å². The monoisotopic (exact) mass is 420 g/mol. The van der Waals surface area contributed by atoms with Crippen molar-refractivity contribution in [2.75, 3.05) is 6.61 Å². The van der Waals surface area contributed by atoms with E-state index >= 15 is 0 Å². The number of amidine groups is 1. The molecule has 4 nitrogen and oxygen atoms in total. The molecule has 0 bridgehead atoms. The van der Waals surface area contributed by atoms with E-state index in [1.165, 1.54) is 24.6 Å². The van der Waals surface area contributed by atoms with Gasteiger partial charge in [0.2, 0.25) is 0 Å². The average Bonchev–Trinajstić information content (AvgIpc) is 3.05. The van der Waals surface area contributed by atoms with Crippen molar-refractivity contribution in [2.24, 2.45) is 10.9 Å². The van der Waals surface area contributed by atoms with E-state index in [0.29, 0.717) is 12.5 Å². The smallest absolute Gasteiger partial charge is 0.267 e. The van der Waals surface area contributed by atoms with Crippen LogP contribution in [0.3, 0.4) is 0 Å². The SMILES string of the molecule is CCOc1ccc(/C=C2\SC(=Nc3ccccc3)N([C@@H]3CCCC[C@H]3C)C2=O)cc1. The summed E-state index contributed by atoms with van der Waals surface area (Å²) in [5.74, 6) is 1.39. The number of carbonyl (C=O) groups is 1. The molecule has 2 aromatic carbocycles. The van der Waals surface area contributed by atoms with E-state index in [1.54, 1.807) is 0 Å². The first-order valence-corrected chi connectivity index (χ1v) is 11.6. The van der Waals surface area contributed by atoms with Crippen LogP contribution in [0.15, 0.2) is 64.5 Å². The van der Waals surface area contributed by atoms with Gasteiger partial charge in [0.1, 0.15) is 5.75 Å². The molecule has 0 N–H and O–H groups in total. The maximum atomic E-state index is 13.5. The summed E-state index contributed by atoms with van der Waals surface area (Å²) in [6, 6.07) is 18.0. The van der Waals surface area contributed by atoms with Gasteiger partial charge in [0.15, 0.2) is 5.17 Å². The van der Waals surface area contributed by atoms with Gasteiger partial charge in [-0.1, -0.05) is 50.1 Å². The number of benzene rings is 2. The molecule has 156 valence electrons. The summed E-state index contributed by atoms with van der Waals surface area (Å²) in [6.45, 7) is 4.87. The van der Waals surface area contributed by atoms with Crippen LogP contribution in [0.5, 0.6) is 5.75 Å². The lowest BCUT2D eigenvalue weighted by atomic mass is 9.85. The van der Waals surface area contributed by atoms with E-state index in [4.69, 9.17) is 9.73 Å². The second kappa shape index (κ2) is 9.52. The highest BCUT2D eigenvalue weighted by atomic mass is 32.2. The number of thioether (sulfide) groups is 1. The van der Waals surface area contributed by atoms with Gasteiger partial charge in [0.05, 0.1) is 17.2 Å². The Hall–Kier alpha value is -2.53. The molecule has 1 heterocycles. The van der Waals surface area contributed by atoms with Gasteiger partial charge in [-0.05, 0) is 73.4 Å². The van der Waals surface area contributed by atoms with Gasteiger partial charge >= 0.3 is 0 Å². The minimum Gasteiger partial charge on any atom is -0.494 e. The summed E-state index contributed by atoms with van der Waals surface area (Å²) in [7, 11) is 0. The zero-order chi connectivity index (χ0) is 20.9. The number of aliphatic imine (C=N–C) groups is 1. The molecule has 30 heavy (non-hydrogen) atoms. The van der Waals surface area contributed by atoms with Crippen molar-refractivity contribution in [3.63, 3.8) is 0 Å². The van der Waals surface area contributed by atoms with E-state index < -0.39 is 0 Å². The molecule has 1 aliphatic carbocycles. The van der Waals surface area contributed by atoms with E-state index in [9.17, 15) is 4.79 Å². The number of ether oxygens (including phenoxy) is 1. The van der Waals surface area contributed by atoms with Crippen molar-refractivity contribution in [3.8, 4) is 5.75 Å². The molecule has 2 aliphatic rings. The number of rotatable bonds is 5. The van der Waals surface area contributed by atoms with Gasteiger partial charge in [-0.2, -0.15) is 0 Å². The number of hydrogen-bond acceptors (Lipinski definition) is 4. The molecule has 4 rings (SSSR count). The first-order valence-electron chi connectivity index (χ1n) is 10.8. The van der Waals surface area contributed by atoms with Gasteiger partial charge in [0.25, 0.3) is 5.91 Å². The zero-order valence-electron chi connectivity index (χ0n) is 17.6. The molecule has 1 aliphatic heterocycles. The van der Waals surface area contributed by atoms with Gasteiger partial charge in [-0.25, -0.2) is 4.99 Å². The molecule has 0 radical (unpaired) electrons. The van der Waals surface area contributed by atoms with E-state index in [2.05, 4.69) is 6.92 Å². The number of amides is 1. The molecular weight excluding hydrogens is 392 g/mol. The number of nitrogens with zero attached hydrogens (tertiary/aromatic N) is 2. The van der Waals surface area contributed by atoms with Crippen molar-refractivity contribution >= 4 is 34.6 Å². The fourth-order valence-corrected chi connectivity index (χ4v) is 5.17. The molecule has 2 aromatic rings. The van der Waals surface area contributed by atoms with Crippen molar-refractivity contribution < 1.29 is 9.53 Å². The summed E-state index contributed by atoms with van der Waals surface area (Å²) in [6.07, 6.45) is 6.58. The van der Waals surface area contributed by atoms with E-state index in [0.717, 1.165) is 39.9 Å². The van der Waals surface area contributed by atoms with Crippen molar-refractivity contribution in [1.29, 1.82) is 0 Å². The lowest BCUT2D eigenvalue weighted by Crippen LogP contribution is -2.44. The third kappa shape index (κ3) is 4.62. The van der Waals surface area contributed by atoms with Crippen LogP contribution in [0.4, 0.5) is 5.69 Å². The molecule has 2 atom stereocenters. The lowest BCUT2D eigenvalue weighted by molar-refractivity contribution is -0.124. The Balaban J connectivity index is 1.66. The van der Waals surface area contributed by atoms with Gasteiger partial charge in [0, 0.05) is 6.04 Å². The average molecular weight is 421 g/mol. The van der Waals surface area contributed by atoms with Gasteiger partial charge in [-0.15, -0.1) is 0 Å². The van der Waals surface area contributed by atoms with Crippen LogP contribution in [-0.2, 0) is 4.79 Å². The minimum absolute atomic E-state index is 0.0716. The van der Waals surface area contributed by atoms with Crippen molar-refractivity contribution in [3.05, 3.63) is 65.1 Å². The topological polar surface area (TPSA) is 41.9 Å². The predicted molar refractivity (Wildman–Crippen MR) is 125 cm³/mol. The van der Waals surface area contributed by atoms with Gasteiger partial charge in [-0.3, -0.25) is 9.69 Å². The van der Waals surface area contributed by atoms with Gasteiger partial charge < -0.3 is 4.74 Å². The summed E-state index contributed by atoms with van der Waals surface area (Å²) in [5, 5.41) is 0.794. The third-order valence-electron chi connectivity index (χ3n) is 5.70. The Morgan fingerprint density at radius 2 is 1.83 bits per heavy atom. The summed E-state index contributed by atoms with van der Waals surface area (Å²) in [5.41, 5.74) is 1.87. The van der Waals surface area contributed by atoms with E-state index in [1.807, 2.05) is 72.5 Å². The highest BCUT2D eigenvalue weighted by Gasteiger charge is 2.41. The second-order valence-corrected chi connectivity index (χ2v) is 8.86. The van der Waals surface area contributed by atoms with Crippen molar-refractivity contribution in [2.45, 2.75) is 45.6 Å². The number of para-hydroxylation sites is 1. The standard InChI is InChI=1S/C25H28N2O2S/c1-3-29-21-15-13-19(14-16-21)17-23-24(28)27(22-12-8-7-9-18(22)2)25(30-23)26-20-10-5-4-6-11-20/h4-6,10-11,13-18,22H,3,7-9,12H2,1-2H3/b23-17-,26-25?/t18-,22-/m1/s1. The molecule has 1 saturated carbocycles. The number of hydrogen-bond donors (Lipinski definition) is 0. The largest absolute Gasteiger partial charge is 0.494 e.